The Hall–Kier alpha value is -3.12. The average molecular weight is 525 g/mol. The van der Waals surface area contributed by atoms with E-state index in [2.05, 4.69) is 121 Å². The molecule has 40 heavy (non-hydrogen) atoms. The van der Waals surface area contributed by atoms with Crippen LogP contribution in [0.5, 0.6) is 0 Å². The van der Waals surface area contributed by atoms with E-state index in [0.717, 1.165) is 77.0 Å². The van der Waals surface area contributed by atoms with E-state index in [1.54, 1.807) is 0 Å². The van der Waals surface area contributed by atoms with E-state index in [0.29, 0.717) is 0 Å². The highest BCUT2D eigenvalue weighted by Gasteiger charge is 2.37. The fraction of sp³-hybridized carbons (Fsp3) is 0.400. The molecule has 0 heterocycles. The Morgan fingerprint density at radius 1 is 0.225 bits per heavy atom. The average Bonchev–Trinajstić information content (AvgIpc) is 3.82. The first-order valence-electron chi connectivity index (χ1n) is 15.8. The molecule has 4 spiro atoms. The van der Waals surface area contributed by atoms with Crippen molar-refractivity contribution in [1.82, 2.24) is 0 Å². The van der Waals surface area contributed by atoms with Crippen LogP contribution < -0.4 is 0 Å². The maximum Gasteiger partial charge on any atom is 0.00563 e. The van der Waals surface area contributed by atoms with Gasteiger partial charge in [0.15, 0.2) is 0 Å². The Morgan fingerprint density at radius 3 is 0.475 bits per heavy atom. The van der Waals surface area contributed by atoms with Crippen molar-refractivity contribution in [2.45, 2.75) is 98.7 Å². The van der Waals surface area contributed by atoms with Crippen LogP contribution in [-0.2, 0) is 21.7 Å². The summed E-state index contributed by atoms with van der Waals surface area (Å²) >= 11 is 0. The Balaban J connectivity index is 1.26. The third-order valence-corrected chi connectivity index (χ3v) is 11.3. The van der Waals surface area contributed by atoms with Crippen molar-refractivity contribution >= 4 is 0 Å². The van der Waals surface area contributed by atoms with Crippen molar-refractivity contribution in [1.29, 1.82) is 0 Å². The molecule has 4 bridgehead atoms. The Labute approximate surface area is 242 Å². The first-order chi connectivity index (χ1) is 19.7. The maximum atomic E-state index is 2.51. The van der Waals surface area contributed by atoms with Gasteiger partial charge in [0, 0.05) is 21.7 Å². The first kappa shape index (κ1) is 25.8. The zero-order chi connectivity index (χ0) is 26.9. The number of benzene rings is 2. The fourth-order valence-corrected chi connectivity index (χ4v) is 8.48. The van der Waals surface area contributed by atoms with E-state index < -0.39 is 0 Å². The summed E-state index contributed by atoms with van der Waals surface area (Å²) in [5.41, 5.74) is 6.90. The Bertz CT molecular complexity index is 1140. The molecule has 0 fully saturated rings. The van der Waals surface area contributed by atoms with Crippen LogP contribution in [0.4, 0.5) is 0 Å². The van der Waals surface area contributed by atoms with Crippen molar-refractivity contribution in [3.63, 3.8) is 0 Å². The molecule has 8 aliphatic carbocycles. The van der Waals surface area contributed by atoms with Gasteiger partial charge < -0.3 is 0 Å². The van der Waals surface area contributed by atoms with Crippen LogP contribution in [-0.4, -0.2) is 0 Å². The second-order valence-corrected chi connectivity index (χ2v) is 13.6. The molecule has 0 aliphatic heterocycles. The summed E-state index contributed by atoms with van der Waals surface area (Å²) in [6.45, 7) is 0. The summed E-state index contributed by atoms with van der Waals surface area (Å²) in [4.78, 5) is 0. The van der Waals surface area contributed by atoms with Crippen LogP contribution in [0.25, 0.3) is 0 Å². The van der Waals surface area contributed by atoms with Gasteiger partial charge in [0.2, 0.25) is 0 Å². The van der Waals surface area contributed by atoms with Gasteiger partial charge in [-0.1, -0.05) is 121 Å². The summed E-state index contributed by atoms with van der Waals surface area (Å²) in [6.07, 6.45) is 43.0. The quantitative estimate of drug-likeness (QED) is 0.301. The van der Waals surface area contributed by atoms with E-state index in [1.165, 1.54) is 22.3 Å². The van der Waals surface area contributed by atoms with Gasteiger partial charge in [-0.3, -0.25) is 0 Å². The van der Waals surface area contributed by atoms with Gasteiger partial charge in [-0.2, -0.15) is 0 Å². The number of hydrogen-bond donors (Lipinski definition) is 0. The minimum Gasteiger partial charge on any atom is -0.0876 e. The first-order valence-corrected chi connectivity index (χ1v) is 15.8. The molecule has 2 aromatic carbocycles. The van der Waals surface area contributed by atoms with Crippen molar-refractivity contribution in [2.75, 3.05) is 0 Å². The molecular formula is C40H44. The van der Waals surface area contributed by atoms with Crippen LogP contribution in [0.15, 0.2) is 121 Å². The summed E-state index contributed by atoms with van der Waals surface area (Å²) in [5, 5.41) is 0. The van der Waals surface area contributed by atoms with E-state index in [-0.39, 0.29) is 21.7 Å². The van der Waals surface area contributed by atoms with Gasteiger partial charge in [-0.05, 0) is 99.3 Å². The highest BCUT2D eigenvalue weighted by Crippen LogP contribution is 2.47. The second kappa shape index (κ2) is 10.4. The highest BCUT2D eigenvalue weighted by molar-refractivity contribution is 5.41. The van der Waals surface area contributed by atoms with Gasteiger partial charge in [-0.25, -0.2) is 0 Å². The number of hydrogen-bond acceptors (Lipinski definition) is 0. The van der Waals surface area contributed by atoms with E-state index in [4.69, 9.17) is 0 Å². The van der Waals surface area contributed by atoms with E-state index in [1.807, 2.05) is 0 Å². The molecule has 0 nitrogen and oxygen atoms in total. The topological polar surface area (TPSA) is 0 Å². The smallest absolute Gasteiger partial charge is 0.00563 e. The third-order valence-electron chi connectivity index (χ3n) is 11.3. The second-order valence-electron chi connectivity index (χ2n) is 13.6. The molecule has 0 heteroatoms. The molecule has 0 radical (unpaired) electrons. The van der Waals surface area contributed by atoms with Crippen LogP contribution in [0.3, 0.4) is 0 Å². The lowest BCUT2D eigenvalue weighted by molar-refractivity contribution is 0.443. The molecule has 0 saturated heterocycles. The minimum atomic E-state index is 0.212. The van der Waals surface area contributed by atoms with Gasteiger partial charge in [0.05, 0.1) is 0 Å². The zero-order valence-corrected chi connectivity index (χ0v) is 24.0. The summed E-state index contributed by atoms with van der Waals surface area (Å²) in [5.74, 6) is 0. The molecule has 0 N–H and O–H groups in total. The van der Waals surface area contributed by atoms with Crippen LogP contribution in [0, 0.1) is 0 Å². The lowest BCUT2D eigenvalue weighted by Gasteiger charge is -2.33. The normalized spacial score (nSPS) is 26.6. The molecule has 10 rings (SSSR count). The largest absolute Gasteiger partial charge is 0.0876 e. The van der Waals surface area contributed by atoms with Gasteiger partial charge >= 0.3 is 0 Å². The van der Waals surface area contributed by atoms with Gasteiger partial charge in [0.25, 0.3) is 0 Å². The number of rotatable bonds is 0. The molecule has 2 aromatic rings. The maximum absolute atomic E-state index is 2.51. The predicted octanol–water partition coefficient (Wildman–Crippen LogP) is 10.4. The molecule has 0 saturated carbocycles. The molecule has 0 unspecified atom stereocenters. The molecular weight excluding hydrogens is 480 g/mol. The molecule has 204 valence electrons. The lowest BCUT2D eigenvalue weighted by Crippen LogP contribution is -2.25. The number of allylic oxidation sites excluding steroid dienone is 12. The van der Waals surface area contributed by atoms with Gasteiger partial charge in [0.1, 0.15) is 0 Å². The van der Waals surface area contributed by atoms with Crippen LogP contribution in [0.1, 0.15) is 99.3 Å². The monoisotopic (exact) mass is 524 g/mol. The SMILES string of the molecule is C1=CCC2(C1)C/C=C\CC1(CC=CC1)c1ccc(cc1)C1(CC=CC1)C/C=C\CC1(CC=CC1)c1ccc2cc1. The van der Waals surface area contributed by atoms with Crippen molar-refractivity contribution in [3.8, 4) is 0 Å². The summed E-state index contributed by atoms with van der Waals surface area (Å²) in [6, 6.07) is 19.8. The predicted molar refractivity (Wildman–Crippen MR) is 170 cm³/mol. The molecule has 8 aliphatic rings. The van der Waals surface area contributed by atoms with Crippen LogP contribution in [0.2, 0.25) is 0 Å². The standard InChI is InChI=1S/C40H44/c1-2-22-37(21-1)29-9-10-30-38(23-3-4-24-38)35-17-19-36(20-18-35)40(27-7-8-28-40)32-12-11-31-39(25-5-6-26-39)34-15-13-33(37)14-16-34/h1-20H,21-32H2/b10-9-,12-11-. The molecule has 0 amide bonds. The Kier molecular flexibility index (Phi) is 6.69. The Morgan fingerprint density at radius 2 is 0.350 bits per heavy atom. The summed E-state index contributed by atoms with van der Waals surface area (Å²) < 4.78 is 0. The minimum absolute atomic E-state index is 0.212. The zero-order valence-electron chi connectivity index (χ0n) is 24.0. The highest BCUT2D eigenvalue weighted by atomic mass is 14.4. The fourth-order valence-electron chi connectivity index (χ4n) is 8.48. The molecule has 0 atom stereocenters. The van der Waals surface area contributed by atoms with Crippen molar-refractivity contribution < 1.29 is 0 Å². The lowest BCUT2D eigenvalue weighted by atomic mass is 9.70. The summed E-state index contributed by atoms with van der Waals surface area (Å²) in [7, 11) is 0. The van der Waals surface area contributed by atoms with E-state index >= 15 is 0 Å². The van der Waals surface area contributed by atoms with Crippen molar-refractivity contribution in [3.05, 3.63) is 144 Å². The third kappa shape index (κ3) is 4.45. The van der Waals surface area contributed by atoms with Crippen LogP contribution >= 0.6 is 0 Å². The van der Waals surface area contributed by atoms with E-state index in [9.17, 15) is 0 Å². The van der Waals surface area contributed by atoms with Gasteiger partial charge in [-0.15, -0.1) is 0 Å². The molecule has 0 aromatic heterocycles. The van der Waals surface area contributed by atoms with Crippen molar-refractivity contribution in [2.24, 2.45) is 0 Å².